The van der Waals surface area contributed by atoms with Crippen molar-refractivity contribution in [3.05, 3.63) is 129 Å². The molecule has 7 heteroatoms. The first-order valence-corrected chi connectivity index (χ1v) is 12.0. The van der Waals surface area contributed by atoms with Crippen molar-refractivity contribution in [2.45, 2.75) is 13.5 Å². The maximum atomic E-state index is 12.8. The van der Waals surface area contributed by atoms with Gasteiger partial charge in [0.1, 0.15) is 18.1 Å². The Hall–Kier alpha value is -4.23. The van der Waals surface area contributed by atoms with Gasteiger partial charge in [-0.3, -0.25) is 4.79 Å². The first-order valence-electron chi connectivity index (χ1n) is 11.2. The standard InChI is InChI=1S/C29H23BrN2O4/c1-20-8-7-11-22(16-20)29(34)36-26-15-14-24(30)17-23(26)18-31-32-28(33)25-12-5-6-13-27(25)35-19-21-9-3-2-4-10-21/h2-18H,19H2,1H3,(H,32,33). The molecule has 0 saturated heterocycles. The highest BCUT2D eigenvalue weighted by Crippen LogP contribution is 2.23. The molecule has 180 valence electrons. The first-order chi connectivity index (χ1) is 17.5. The molecule has 0 fully saturated rings. The Morgan fingerprint density at radius 3 is 2.47 bits per heavy atom. The van der Waals surface area contributed by atoms with Crippen LogP contribution in [0.25, 0.3) is 0 Å². The van der Waals surface area contributed by atoms with Crippen LogP contribution in [0.2, 0.25) is 0 Å². The summed E-state index contributed by atoms with van der Waals surface area (Å²) >= 11 is 3.41. The number of hydrazone groups is 1. The highest BCUT2D eigenvalue weighted by Gasteiger charge is 2.13. The summed E-state index contributed by atoms with van der Waals surface area (Å²) < 4.78 is 12.2. The van der Waals surface area contributed by atoms with Crippen LogP contribution in [0.4, 0.5) is 0 Å². The van der Waals surface area contributed by atoms with Crippen molar-refractivity contribution in [1.82, 2.24) is 5.43 Å². The molecule has 36 heavy (non-hydrogen) atoms. The fourth-order valence-corrected chi connectivity index (χ4v) is 3.76. The van der Waals surface area contributed by atoms with Gasteiger partial charge in [-0.05, 0) is 55.0 Å². The number of nitrogens with one attached hydrogen (secondary N) is 1. The van der Waals surface area contributed by atoms with Crippen LogP contribution in [-0.4, -0.2) is 18.1 Å². The zero-order valence-electron chi connectivity index (χ0n) is 19.5. The molecule has 0 aromatic heterocycles. The first kappa shape index (κ1) is 24.9. The van der Waals surface area contributed by atoms with E-state index in [1.807, 2.05) is 43.3 Å². The van der Waals surface area contributed by atoms with Crippen LogP contribution in [0.5, 0.6) is 11.5 Å². The molecule has 1 N–H and O–H groups in total. The van der Waals surface area contributed by atoms with E-state index in [2.05, 4.69) is 26.5 Å². The summed E-state index contributed by atoms with van der Waals surface area (Å²) in [4.78, 5) is 25.4. The van der Waals surface area contributed by atoms with E-state index >= 15 is 0 Å². The Morgan fingerprint density at radius 2 is 1.67 bits per heavy atom. The molecule has 0 radical (unpaired) electrons. The van der Waals surface area contributed by atoms with Crippen molar-refractivity contribution in [1.29, 1.82) is 0 Å². The van der Waals surface area contributed by atoms with Crippen LogP contribution in [0, 0.1) is 6.92 Å². The van der Waals surface area contributed by atoms with Gasteiger partial charge in [-0.1, -0.05) is 76.1 Å². The van der Waals surface area contributed by atoms with Crippen molar-refractivity contribution in [3.8, 4) is 11.5 Å². The zero-order chi connectivity index (χ0) is 25.3. The van der Waals surface area contributed by atoms with Gasteiger partial charge in [0.2, 0.25) is 0 Å². The molecule has 0 aliphatic heterocycles. The Kier molecular flexibility index (Phi) is 8.26. The van der Waals surface area contributed by atoms with Crippen LogP contribution >= 0.6 is 15.9 Å². The molecule has 0 aliphatic rings. The highest BCUT2D eigenvalue weighted by molar-refractivity contribution is 9.10. The van der Waals surface area contributed by atoms with Gasteiger partial charge in [-0.15, -0.1) is 0 Å². The van der Waals surface area contributed by atoms with Crippen molar-refractivity contribution in [2.75, 3.05) is 0 Å². The number of carbonyl (C=O) groups excluding carboxylic acids is 2. The third kappa shape index (κ3) is 6.67. The monoisotopic (exact) mass is 542 g/mol. The number of aryl methyl sites for hydroxylation is 1. The Morgan fingerprint density at radius 1 is 0.889 bits per heavy atom. The summed E-state index contributed by atoms with van der Waals surface area (Å²) in [6, 6.07) is 29.0. The molecule has 0 saturated carbocycles. The van der Waals surface area contributed by atoms with E-state index in [1.54, 1.807) is 60.7 Å². The summed E-state index contributed by atoms with van der Waals surface area (Å²) in [5, 5.41) is 4.08. The maximum Gasteiger partial charge on any atom is 0.343 e. The number of nitrogens with zero attached hydrogens (tertiary/aromatic N) is 1. The minimum atomic E-state index is -0.482. The summed E-state index contributed by atoms with van der Waals surface area (Å²) in [5.74, 6) is -0.147. The summed E-state index contributed by atoms with van der Waals surface area (Å²) in [5.41, 5.74) is 5.78. The second-order valence-electron chi connectivity index (χ2n) is 7.91. The number of hydrogen-bond donors (Lipinski definition) is 1. The van der Waals surface area contributed by atoms with Crippen molar-refractivity contribution in [2.24, 2.45) is 5.10 Å². The number of esters is 1. The van der Waals surface area contributed by atoms with Crippen molar-refractivity contribution in [3.63, 3.8) is 0 Å². The number of ether oxygens (including phenoxy) is 2. The second kappa shape index (κ2) is 12.0. The van der Waals surface area contributed by atoms with Gasteiger partial charge >= 0.3 is 5.97 Å². The smallest absolute Gasteiger partial charge is 0.343 e. The number of para-hydroxylation sites is 1. The fraction of sp³-hybridized carbons (Fsp3) is 0.0690. The molecule has 0 heterocycles. The third-order valence-electron chi connectivity index (χ3n) is 5.17. The van der Waals surface area contributed by atoms with Gasteiger partial charge in [-0.25, -0.2) is 10.2 Å². The molecule has 4 aromatic carbocycles. The lowest BCUT2D eigenvalue weighted by atomic mass is 10.1. The minimum Gasteiger partial charge on any atom is -0.488 e. The lowest BCUT2D eigenvalue weighted by molar-refractivity contribution is 0.0734. The Labute approximate surface area is 217 Å². The van der Waals surface area contributed by atoms with Crippen molar-refractivity contribution >= 4 is 34.0 Å². The van der Waals surface area contributed by atoms with Crippen LogP contribution < -0.4 is 14.9 Å². The Bertz CT molecular complexity index is 1400. The molecule has 0 spiro atoms. The zero-order valence-corrected chi connectivity index (χ0v) is 21.1. The van der Waals surface area contributed by atoms with Gasteiger partial charge in [0.05, 0.1) is 17.3 Å². The van der Waals surface area contributed by atoms with Gasteiger partial charge in [0.25, 0.3) is 5.91 Å². The molecule has 1 amide bonds. The van der Waals surface area contributed by atoms with Crippen LogP contribution in [-0.2, 0) is 6.61 Å². The summed E-state index contributed by atoms with van der Waals surface area (Å²) in [7, 11) is 0. The Balaban J connectivity index is 1.45. The topological polar surface area (TPSA) is 77.0 Å². The average molecular weight is 543 g/mol. The van der Waals surface area contributed by atoms with E-state index in [9.17, 15) is 9.59 Å². The number of rotatable bonds is 8. The summed E-state index contributed by atoms with van der Waals surface area (Å²) in [6.07, 6.45) is 1.43. The van der Waals surface area contributed by atoms with Crippen molar-refractivity contribution < 1.29 is 19.1 Å². The highest BCUT2D eigenvalue weighted by atomic mass is 79.9. The van der Waals surface area contributed by atoms with E-state index in [0.29, 0.717) is 34.8 Å². The van der Waals surface area contributed by atoms with E-state index in [4.69, 9.17) is 9.47 Å². The number of benzene rings is 4. The predicted molar refractivity (Wildman–Crippen MR) is 143 cm³/mol. The molecule has 0 unspecified atom stereocenters. The largest absolute Gasteiger partial charge is 0.488 e. The van der Waals surface area contributed by atoms with E-state index in [-0.39, 0.29) is 0 Å². The molecule has 0 atom stereocenters. The van der Waals surface area contributed by atoms with Gasteiger partial charge in [-0.2, -0.15) is 5.10 Å². The summed E-state index contributed by atoms with van der Waals surface area (Å²) in [6.45, 7) is 2.24. The number of amides is 1. The molecular formula is C29H23BrN2O4. The number of carbonyl (C=O) groups is 2. The van der Waals surface area contributed by atoms with E-state index in [0.717, 1.165) is 15.6 Å². The van der Waals surface area contributed by atoms with Gasteiger partial charge in [0, 0.05) is 10.0 Å². The molecule has 0 bridgehead atoms. The molecule has 4 aromatic rings. The third-order valence-corrected chi connectivity index (χ3v) is 5.66. The van der Waals surface area contributed by atoms with Crippen LogP contribution in [0.3, 0.4) is 0 Å². The van der Waals surface area contributed by atoms with Crippen LogP contribution in [0.15, 0.2) is 107 Å². The lowest BCUT2D eigenvalue weighted by Crippen LogP contribution is -2.19. The second-order valence-corrected chi connectivity index (χ2v) is 8.83. The van der Waals surface area contributed by atoms with Gasteiger partial charge in [0.15, 0.2) is 0 Å². The molecular weight excluding hydrogens is 520 g/mol. The predicted octanol–water partition coefficient (Wildman–Crippen LogP) is 6.32. The normalized spacial score (nSPS) is 10.7. The van der Waals surface area contributed by atoms with E-state index < -0.39 is 11.9 Å². The quantitative estimate of drug-likeness (QED) is 0.122. The molecule has 0 aliphatic carbocycles. The lowest BCUT2D eigenvalue weighted by Gasteiger charge is -2.11. The molecule has 6 nitrogen and oxygen atoms in total. The number of hydrogen-bond acceptors (Lipinski definition) is 5. The van der Waals surface area contributed by atoms with E-state index in [1.165, 1.54) is 6.21 Å². The average Bonchev–Trinajstić information content (AvgIpc) is 2.89. The minimum absolute atomic E-state index is 0.314. The maximum absolute atomic E-state index is 12.8. The van der Waals surface area contributed by atoms with Crippen LogP contribution in [0.1, 0.15) is 37.4 Å². The molecule has 4 rings (SSSR count). The van der Waals surface area contributed by atoms with Gasteiger partial charge < -0.3 is 9.47 Å². The SMILES string of the molecule is Cc1cccc(C(=O)Oc2ccc(Br)cc2C=NNC(=O)c2ccccc2OCc2ccccc2)c1. The number of halogens is 1. The fourth-order valence-electron chi connectivity index (χ4n) is 3.38.